The third kappa shape index (κ3) is 6.05. The zero-order valence-electron chi connectivity index (χ0n) is 21.5. The van der Waals surface area contributed by atoms with E-state index in [1.807, 2.05) is 39.5 Å². The number of nitrogens with zero attached hydrogens (tertiary/aromatic N) is 1. The molecule has 0 aromatic heterocycles. The van der Waals surface area contributed by atoms with Crippen molar-refractivity contribution in [3.8, 4) is 0 Å². The molecule has 0 spiro atoms. The van der Waals surface area contributed by atoms with Crippen LogP contribution in [0, 0.1) is 23.1 Å². The van der Waals surface area contributed by atoms with Crippen LogP contribution in [0.1, 0.15) is 101 Å². The van der Waals surface area contributed by atoms with Gasteiger partial charge in [-0.05, 0) is 43.2 Å². The first-order valence-electron chi connectivity index (χ1n) is 12.9. The molecule has 3 rings (SSSR count). The Hall–Kier alpha value is -2.24. The maximum Gasteiger partial charge on any atom is 0.254 e. The van der Waals surface area contributed by atoms with Gasteiger partial charge in [0.1, 0.15) is 5.82 Å². The van der Waals surface area contributed by atoms with Crippen LogP contribution < -0.4 is 5.32 Å². The molecule has 1 aliphatic carbocycles. The van der Waals surface area contributed by atoms with E-state index in [2.05, 4.69) is 5.32 Å². The highest BCUT2D eigenvalue weighted by molar-refractivity contribution is 5.98. The summed E-state index contributed by atoms with van der Waals surface area (Å²) in [4.78, 5) is 40.8. The highest BCUT2D eigenvalue weighted by atomic mass is 19.1. The van der Waals surface area contributed by atoms with Crippen molar-refractivity contribution in [2.45, 2.75) is 91.5 Å². The van der Waals surface area contributed by atoms with Crippen molar-refractivity contribution < 1.29 is 18.8 Å². The number of Topliss-reactive ketones (excluding diaryl/α,β-unsaturated/α-hetero) is 1. The largest absolute Gasteiger partial charge is 0.342 e. The summed E-state index contributed by atoms with van der Waals surface area (Å²) in [6.07, 6.45) is 6.65. The standard InChI is InChI=1S/C28H41FN2O3/c1-18(2)25(32)24(19-11-7-6-8-12-19)30-26(33)22-15-9-14-21(23(22)29)20-13-10-16-31(17-20)27(34)28(3,4)5/h9,14-15,18-20,24H,6-8,10-13,16-17H2,1-5H3,(H,30,33). The van der Waals surface area contributed by atoms with Crippen molar-refractivity contribution in [3.05, 3.63) is 35.1 Å². The number of benzene rings is 1. The molecule has 1 saturated carbocycles. The number of rotatable bonds is 6. The van der Waals surface area contributed by atoms with Gasteiger partial charge >= 0.3 is 0 Å². The molecule has 1 heterocycles. The van der Waals surface area contributed by atoms with Gasteiger partial charge in [0.2, 0.25) is 5.91 Å². The van der Waals surface area contributed by atoms with Crippen molar-refractivity contribution in [2.24, 2.45) is 17.3 Å². The van der Waals surface area contributed by atoms with Crippen molar-refractivity contribution >= 4 is 17.6 Å². The van der Waals surface area contributed by atoms with Gasteiger partial charge in [-0.15, -0.1) is 0 Å². The first kappa shape index (κ1) is 26.4. The minimum atomic E-state index is -0.578. The fraction of sp³-hybridized carbons (Fsp3) is 0.679. The Labute approximate surface area is 203 Å². The number of likely N-dealkylation sites (tertiary alicyclic amines) is 1. The quantitative estimate of drug-likeness (QED) is 0.596. The molecule has 6 heteroatoms. The Morgan fingerprint density at radius 2 is 1.71 bits per heavy atom. The Kier molecular flexibility index (Phi) is 8.53. The molecule has 1 aliphatic heterocycles. The van der Waals surface area contributed by atoms with Crippen LogP contribution in [-0.2, 0) is 9.59 Å². The van der Waals surface area contributed by atoms with E-state index in [9.17, 15) is 14.4 Å². The third-order valence-corrected chi connectivity index (χ3v) is 7.35. The van der Waals surface area contributed by atoms with Gasteiger partial charge in [-0.1, -0.05) is 66.0 Å². The van der Waals surface area contributed by atoms with Crippen LogP contribution in [-0.4, -0.2) is 41.6 Å². The number of amides is 2. The second-order valence-electron chi connectivity index (χ2n) is 11.5. The van der Waals surface area contributed by atoms with E-state index in [1.165, 1.54) is 6.07 Å². The number of hydrogen-bond acceptors (Lipinski definition) is 3. The van der Waals surface area contributed by atoms with Crippen molar-refractivity contribution in [1.29, 1.82) is 0 Å². The van der Waals surface area contributed by atoms with Crippen molar-refractivity contribution in [2.75, 3.05) is 13.1 Å². The molecule has 1 aromatic rings. The predicted octanol–water partition coefficient (Wildman–Crippen LogP) is 5.48. The van der Waals surface area contributed by atoms with Gasteiger partial charge in [-0.2, -0.15) is 0 Å². The zero-order valence-corrected chi connectivity index (χ0v) is 21.5. The second-order valence-corrected chi connectivity index (χ2v) is 11.5. The summed E-state index contributed by atoms with van der Waals surface area (Å²) in [6, 6.07) is 4.34. The first-order chi connectivity index (χ1) is 16.0. The lowest BCUT2D eigenvalue weighted by molar-refractivity contribution is -0.140. The summed E-state index contributed by atoms with van der Waals surface area (Å²) in [5, 5.41) is 2.91. The molecule has 0 bridgehead atoms. The summed E-state index contributed by atoms with van der Waals surface area (Å²) in [5.74, 6) is -1.23. The molecule has 2 amide bonds. The highest BCUT2D eigenvalue weighted by Crippen LogP contribution is 2.33. The number of piperidine rings is 1. The number of carbonyl (C=O) groups excluding carboxylic acids is 3. The number of ketones is 1. The van der Waals surface area contributed by atoms with Crippen LogP contribution in [0.3, 0.4) is 0 Å². The normalized spacial score (nSPS) is 20.8. The number of hydrogen-bond donors (Lipinski definition) is 1. The number of carbonyl (C=O) groups is 3. The summed E-state index contributed by atoms with van der Waals surface area (Å²) in [5.41, 5.74) is -0.0307. The van der Waals surface area contributed by atoms with E-state index < -0.39 is 23.2 Å². The molecule has 0 radical (unpaired) electrons. The predicted molar refractivity (Wildman–Crippen MR) is 132 cm³/mol. The molecule has 34 heavy (non-hydrogen) atoms. The van der Waals surface area contributed by atoms with E-state index in [0.717, 1.165) is 44.9 Å². The summed E-state index contributed by atoms with van der Waals surface area (Å²) >= 11 is 0. The minimum absolute atomic E-state index is 0.0143. The maximum atomic E-state index is 15.7. The van der Waals surface area contributed by atoms with E-state index in [1.54, 1.807) is 12.1 Å². The van der Waals surface area contributed by atoms with Crippen LogP contribution in [0.15, 0.2) is 18.2 Å². The highest BCUT2D eigenvalue weighted by Gasteiger charge is 2.35. The molecule has 5 nitrogen and oxygen atoms in total. The maximum absolute atomic E-state index is 15.7. The van der Waals surface area contributed by atoms with Crippen molar-refractivity contribution in [1.82, 2.24) is 10.2 Å². The molecule has 2 aliphatic rings. The van der Waals surface area contributed by atoms with Gasteiger partial charge in [0.15, 0.2) is 5.78 Å². The Balaban J connectivity index is 1.80. The van der Waals surface area contributed by atoms with Crippen LogP contribution in [0.25, 0.3) is 0 Å². The number of halogens is 1. The van der Waals surface area contributed by atoms with Crippen LogP contribution in [0.5, 0.6) is 0 Å². The van der Waals surface area contributed by atoms with Gasteiger partial charge in [0.25, 0.3) is 5.91 Å². The summed E-state index contributed by atoms with van der Waals surface area (Å²) in [7, 11) is 0. The topological polar surface area (TPSA) is 66.5 Å². The Morgan fingerprint density at radius 1 is 1.03 bits per heavy atom. The molecular weight excluding hydrogens is 431 g/mol. The van der Waals surface area contributed by atoms with Crippen molar-refractivity contribution in [3.63, 3.8) is 0 Å². The monoisotopic (exact) mass is 472 g/mol. The van der Waals surface area contributed by atoms with Gasteiger partial charge in [0, 0.05) is 30.3 Å². The lowest BCUT2D eigenvalue weighted by Gasteiger charge is -2.37. The van der Waals surface area contributed by atoms with E-state index in [0.29, 0.717) is 18.7 Å². The number of nitrogens with one attached hydrogen (secondary N) is 1. The minimum Gasteiger partial charge on any atom is -0.342 e. The van der Waals surface area contributed by atoms with Gasteiger partial charge < -0.3 is 10.2 Å². The van der Waals surface area contributed by atoms with Crippen LogP contribution in [0.2, 0.25) is 0 Å². The lowest BCUT2D eigenvalue weighted by Crippen LogP contribution is -2.48. The fourth-order valence-electron chi connectivity index (χ4n) is 5.40. The average molecular weight is 473 g/mol. The molecule has 2 unspecified atom stereocenters. The van der Waals surface area contributed by atoms with E-state index in [-0.39, 0.29) is 35.0 Å². The zero-order chi connectivity index (χ0) is 25.0. The Bertz CT molecular complexity index is 899. The van der Waals surface area contributed by atoms with Crippen LogP contribution >= 0.6 is 0 Å². The second kappa shape index (κ2) is 11.0. The van der Waals surface area contributed by atoms with Crippen LogP contribution in [0.4, 0.5) is 4.39 Å². The van der Waals surface area contributed by atoms with Gasteiger partial charge in [0.05, 0.1) is 11.6 Å². The SMILES string of the molecule is CC(C)C(=O)C(NC(=O)c1cccc(C2CCCN(C(=O)C(C)(C)C)C2)c1F)C1CCCCC1. The van der Waals surface area contributed by atoms with E-state index >= 15 is 4.39 Å². The fourth-order valence-corrected chi connectivity index (χ4v) is 5.40. The molecule has 1 aromatic carbocycles. The summed E-state index contributed by atoms with van der Waals surface area (Å²) in [6.45, 7) is 10.5. The molecule has 1 saturated heterocycles. The average Bonchev–Trinajstić information content (AvgIpc) is 2.81. The first-order valence-corrected chi connectivity index (χ1v) is 12.9. The van der Waals surface area contributed by atoms with E-state index in [4.69, 9.17) is 0 Å². The third-order valence-electron chi connectivity index (χ3n) is 7.35. The molecule has 2 fully saturated rings. The summed E-state index contributed by atoms with van der Waals surface area (Å²) < 4.78 is 15.7. The molecule has 2 atom stereocenters. The molecule has 1 N–H and O–H groups in total. The molecular formula is C28H41FN2O3. The lowest BCUT2D eigenvalue weighted by atomic mass is 9.80. The smallest absolute Gasteiger partial charge is 0.254 e. The Morgan fingerprint density at radius 3 is 2.32 bits per heavy atom. The van der Waals surface area contributed by atoms with Gasteiger partial charge in [-0.25, -0.2) is 4.39 Å². The molecule has 188 valence electrons. The van der Waals surface area contributed by atoms with Gasteiger partial charge in [-0.3, -0.25) is 14.4 Å².